The zero-order valence-electron chi connectivity index (χ0n) is 14.3. The molecular formula is C20H19FN4S. The minimum absolute atomic E-state index is 0.0722. The number of likely N-dealkylation sites (N-methyl/N-ethyl adjacent to an activating group) is 1. The topological polar surface area (TPSA) is 33.1 Å². The summed E-state index contributed by atoms with van der Waals surface area (Å²) in [4.78, 5) is 6.64. The number of thiocarbonyl (C=S) groups is 1. The van der Waals surface area contributed by atoms with Crippen molar-refractivity contribution in [2.75, 3.05) is 6.54 Å². The maximum atomic E-state index is 14.4. The number of halogens is 1. The summed E-state index contributed by atoms with van der Waals surface area (Å²) in [5.74, 6) is -0.254. The number of hydrogen-bond donors (Lipinski definition) is 1. The molecule has 26 heavy (non-hydrogen) atoms. The number of nitrogens with one attached hydrogen (secondary N) is 1. The van der Waals surface area contributed by atoms with Crippen molar-refractivity contribution in [1.82, 2.24) is 19.8 Å². The van der Waals surface area contributed by atoms with Crippen molar-refractivity contribution in [3.05, 3.63) is 84.2 Å². The van der Waals surface area contributed by atoms with Crippen molar-refractivity contribution < 1.29 is 4.39 Å². The highest BCUT2D eigenvalue weighted by Gasteiger charge is 2.40. The van der Waals surface area contributed by atoms with E-state index < -0.39 is 0 Å². The Morgan fingerprint density at radius 1 is 1.12 bits per heavy atom. The summed E-state index contributed by atoms with van der Waals surface area (Å²) in [5.41, 5.74) is 2.41. The Bertz CT molecular complexity index is 924. The van der Waals surface area contributed by atoms with Gasteiger partial charge in [-0.2, -0.15) is 0 Å². The molecule has 0 radical (unpaired) electrons. The Morgan fingerprint density at radius 3 is 2.65 bits per heavy atom. The highest BCUT2D eigenvalue weighted by molar-refractivity contribution is 7.80. The maximum Gasteiger partial charge on any atom is 0.170 e. The molecule has 132 valence electrons. The van der Waals surface area contributed by atoms with Crippen LogP contribution >= 0.6 is 12.2 Å². The van der Waals surface area contributed by atoms with Gasteiger partial charge in [0.15, 0.2) is 5.11 Å². The van der Waals surface area contributed by atoms with Crippen LogP contribution in [0, 0.1) is 5.82 Å². The van der Waals surface area contributed by atoms with Crippen LogP contribution in [0.3, 0.4) is 0 Å². The summed E-state index contributed by atoms with van der Waals surface area (Å²) in [6.07, 6.45) is 3.67. The molecule has 0 unspecified atom stereocenters. The molecule has 3 heterocycles. The molecule has 4 rings (SSSR count). The van der Waals surface area contributed by atoms with E-state index in [4.69, 9.17) is 12.2 Å². The average Bonchev–Trinajstić information content (AvgIpc) is 3.26. The fourth-order valence-corrected chi connectivity index (χ4v) is 3.94. The standard InChI is InChI=1S/C20H19FN4S/c1-2-24-19(18(23-20(24)26)15-9-5-6-12-22-15)17-11-7-13-25(17)16-10-4-3-8-14(16)21/h3-13,18-19H,2H2,1H3,(H,23,26)/t18-,19-/m1/s1. The third-order valence-corrected chi connectivity index (χ3v) is 5.09. The first-order valence-electron chi connectivity index (χ1n) is 8.61. The van der Waals surface area contributed by atoms with Crippen LogP contribution in [0.2, 0.25) is 0 Å². The molecule has 2 atom stereocenters. The predicted molar refractivity (Wildman–Crippen MR) is 104 cm³/mol. The molecule has 1 aliphatic rings. The van der Waals surface area contributed by atoms with E-state index in [1.165, 1.54) is 6.07 Å². The van der Waals surface area contributed by atoms with Crippen LogP contribution in [-0.4, -0.2) is 26.1 Å². The van der Waals surface area contributed by atoms with Gasteiger partial charge in [0.25, 0.3) is 0 Å². The van der Waals surface area contributed by atoms with Crippen molar-refractivity contribution in [1.29, 1.82) is 0 Å². The fraction of sp³-hybridized carbons (Fsp3) is 0.200. The van der Waals surface area contributed by atoms with Crippen molar-refractivity contribution in [3.8, 4) is 5.69 Å². The molecule has 1 aromatic carbocycles. The monoisotopic (exact) mass is 366 g/mol. The lowest BCUT2D eigenvalue weighted by Gasteiger charge is -2.28. The van der Waals surface area contributed by atoms with Crippen molar-refractivity contribution in [2.24, 2.45) is 0 Å². The summed E-state index contributed by atoms with van der Waals surface area (Å²) in [5, 5.41) is 4.08. The summed E-state index contributed by atoms with van der Waals surface area (Å²) in [6, 6.07) is 16.4. The van der Waals surface area contributed by atoms with E-state index in [1.807, 2.05) is 47.2 Å². The van der Waals surface area contributed by atoms with E-state index in [9.17, 15) is 4.39 Å². The van der Waals surface area contributed by atoms with E-state index in [0.29, 0.717) is 10.8 Å². The first-order chi connectivity index (χ1) is 12.7. The zero-order valence-corrected chi connectivity index (χ0v) is 15.2. The summed E-state index contributed by atoms with van der Waals surface area (Å²) < 4.78 is 16.3. The number of hydrogen-bond acceptors (Lipinski definition) is 2. The SMILES string of the molecule is CCN1C(=S)N[C@H](c2ccccn2)[C@H]1c1cccn1-c1ccccc1F. The number of aromatic nitrogens is 2. The smallest absolute Gasteiger partial charge is 0.170 e. The number of benzene rings is 1. The normalized spacial score (nSPS) is 19.6. The van der Waals surface area contributed by atoms with Gasteiger partial charge in [0.2, 0.25) is 0 Å². The summed E-state index contributed by atoms with van der Waals surface area (Å²) >= 11 is 5.56. The highest BCUT2D eigenvalue weighted by Crippen LogP contribution is 2.39. The molecule has 6 heteroatoms. The van der Waals surface area contributed by atoms with Gasteiger partial charge in [0.1, 0.15) is 5.82 Å². The Kier molecular flexibility index (Phi) is 4.42. The van der Waals surface area contributed by atoms with E-state index in [0.717, 1.165) is 17.9 Å². The van der Waals surface area contributed by atoms with Gasteiger partial charge >= 0.3 is 0 Å². The van der Waals surface area contributed by atoms with Crippen LogP contribution in [0.4, 0.5) is 4.39 Å². The van der Waals surface area contributed by atoms with Gasteiger partial charge in [-0.1, -0.05) is 18.2 Å². The van der Waals surface area contributed by atoms with E-state index in [2.05, 4.69) is 22.1 Å². The number of para-hydroxylation sites is 1. The molecule has 1 aliphatic heterocycles. The number of rotatable bonds is 4. The van der Waals surface area contributed by atoms with Crippen LogP contribution in [-0.2, 0) is 0 Å². The second kappa shape index (κ2) is 6.88. The van der Waals surface area contributed by atoms with Gasteiger partial charge in [0, 0.05) is 24.6 Å². The molecule has 0 saturated carbocycles. The van der Waals surface area contributed by atoms with Gasteiger partial charge in [0.05, 0.1) is 23.5 Å². The second-order valence-electron chi connectivity index (χ2n) is 6.17. The quantitative estimate of drug-likeness (QED) is 0.708. The van der Waals surface area contributed by atoms with Crippen molar-refractivity contribution >= 4 is 17.3 Å². The Hall–Kier alpha value is -2.73. The van der Waals surface area contributed by atoms with Crippen molar-refractivity contribution in [2.45, 2.75) is 19.0 Å². The molecule has 1 saturated heterocycles. The van der Waals surface area contributed by atoms with Gasteiger partial charge in [-0.15, -0.1) is 0 Å². The summed E-state index contributed by atoms with van der Waals surface area (Å²) in [7, 11) is 0. The van der Waals surface area contributed by atoms with Crippen LogP contribution < -0.4 is 5.32 Å². The molecule has 0 amide bonds. The average molecular weight is 366 g/mol. The zero-order chi connectivity index (χ0) is 18.1. The maximum absolute atomic E-state index is 14.4. The highest BCUT2D eigenvalue weighted by atomic mass is 32.1. The fourth-order valence-electron chi connectivity index (χ4n) is 3.57. The predicted octanol–water partition coefficient (Wildman–Crippen LogP) is 4.00. The first kappa shape index (κ1) is 16.7. The molecule has 0 aliphatic carbocycles. The van der Waals surface area contributed by atoms with E-state index in [1.54, 1.807) is 18.3 Å². The molecule has 2 aromatic heterocycles. The third-order valence-electron chi connectivity index (χ3n) is 4.73. The lowest BCUT2D eigenvalue weighted by atomic mass is 10.0. The van der Waals surface area contributed by atoms with Gasteiger partial charge in [-0.25, -0.2) is 4.39 Å². The van der Waals surface area contributed by atoms with E-state index in [-0.39, 0.29) is 17.9 Å². The van der Waals surface area contributed by atoms with Crippen LogP contribution in [0.5, 0.6) is 0 Å². The van der Waals surface area contributed by atoms with E-state index >= 15 is 0 Å². The molecular weight excluding hydrogens is 347 g/mol. The molecule has 0 bridgehead atoms. The van der Waals surface area contributed by atoms with Crippen LogP contribution in [0.15, 0.2) is 67.0 Å². The van der Waals surface area contributed by atoms with Gasteiger partial charge in [-0.05, 0) is 55.5 Å². The Labute approximate surface area is 157 Å². The molecule has 1 fully saturated rings. The van der Waals surface area contributed by atoms with Crippen LogP contribution in [0.25, 0.3) is 5.69 Å². The minimum Gasteiger partial charge on any atom is -0.352 e. The minimum atomic E-state index is -0.254. The van der Waals surface area contributed by atoms with Gasteiger partial charge < -0.3 is 14.8 Å². The molecule has 3 aromatic rings. The number of pyridine rings is 1. The largest absolute Gasteiger partial charge is 0.352 e. The second-order valence-corrected chi connectivity index (χ2v) is 6.55. The molecule has 4 nitrogen and oxygen atoms in total. The van der Waals surface area contributed by atoms with Gasteiger partial charge in [-0.3, -0.25) is 4.98 Å². The lowest BCUT2D eigenvalue weighted by Crippen LogP contribution is -2.30. The summed E-state index contributed by atoms with van der Waals surface area (Å²) in [6.45, 7) is 2.82. The third kappa shape index (κ3) is 2.76. The Morgan fingerprint density at radius 2 is 1.92 bits per heavy atom. The van der Waals surface area contributed by atoms with Crippen molar-refractivity contribution in [3.63, 3.8) is 0 Å². The first-order valence-corrected chi connectivity index (χ1v) is 9.01. The Balaban J connectivity index is 1.83. The number of nitrogens with zero attached hydrogens (tertiary/aromatic N) is 3. The molecule has 0 spiro atoms. The van der Waals surface area contributed by atoms with Crippen LogP contribution in [0.1, 0.15) is 30.4 Å². The molecule has 1 N–H and O–H groups in total. The lowest BCUT2D eigenvalue weighted by molar-refractivity contribution is 0.320.